The molecule has 11 heteroatoms. The number of rotatable bonds is 4. The van der Waals surface area contributed by atoms with Crippen molar-refractivity contribution in [3.8, 4) is 11.5 Å². The Kier molecular flexibility index (Phi) is 5.87. The highest BCUT2D eigenvalue weighted by molar-refractivity contribution is 7.89. The summed E-state index contributed by atoms with van der Waals surface area (Å²) < 4.78 is 75.9. The normalized spacial score (nSPS) is 17.2. The van der Waals surface area contributed by atoms with Crippen LogP contribution in [0.2, 0.25) is 0 Å². The Morgan fingerprint density at radius 1 is 0.969 bits per heavy atom. The highest BCUT2D eigenvalue weighted by Crippen LogP contribution is 2.33. The number of piperazine rings is 1. The molecule has 0 bridgehead atoms. The number of sulfonamides is 1. The molecule has 0 saturated carbocycles. The molecule has 0 unspecified atom stereocenters. The van der Waals surface area contributed by atoms with E-state index in [0.717, 1.165) is 28.1 Å². The van der Waals surface area contributed by atoms with Crippen molar-refractivity contribution in [2.24, 2.45) is 0 Å². The summed E-state index contributed by atoms with van der Waals surface area (Å²) in [5.74, 6) is 0.929. The molecule has 4 rings (SSSR count). The van der Waals surface area contributed by atoms with Gasteiger partial charge in [-0.25, -0.2) is 8.42 Å². The number of hydrogen-bond acceptors (Lipinski definition) is 5. The van der Waals surface area contributed by atoms with Gasteiger partial charge in [-0.2, -0.15) is 17.5 Å². The van der Waals surface area contributed by atoms with Gasteiger partial charge >= 0.3 is 6.18 Å². The van der Waals surface area contributed by atoms with Gasteiger partial charge in [-0.1, -0.05) is 12.1 Å². The van der Waals surface area contributed by atoms with Crippen LogP contribution in [0, 0.1) is 0 Å². The number of carbonyl (C=O) groups is 1. The molecule has 0 N–H and O–H groups in total. The van der Waals surface area contributed by atoms with Crippen LogP contribution in [0.25, 0.3) is 6.08 Å². The van der Waals surface area contributed by atoms with Crippen LogP contribution in [0.3, 0.4) is 0 Å². The minimum Gasteiger partial charge on any atom is -0.454 e. The summed E-state index contributed by atoms with van der Waals surface area (Å²) in [6.45, 7) is 0.379. The number of nitrogens with zero attached hydrogens (tertiary/aromatic N) is 2. The van der Waals surface area contributed by atoms with Crippen LogP contribution in [0.5, 0.6) is 11.5 Å². The van der Waals surface area contributed by atoms with Crippen molar-refractivity contribution in [3.05, 3.63) is 59.7 Å². The number of alkyl halides is 3. The van der Waals surface area contributed by atoms with Crippen LogP contribution in [0.1, 0.15) is 11.1 Å². The van der Waals surface area contributed by atoms with Crippen LogP contribution < -0.4 is 9.47 Å². The molecule has 2 aliphatic heterocycles. The number of carbonyl (C=O) groups excluding carboxylic acids is 1. The maximum absolute atomic E-state index is 12.9. The third-order valence-corrected chi connectivity index (χ3v) is 7.06. The van der Waals surface area contributed by atoms with E-state index in [9.17, 15) is 26.4 Å². The molecule has 2 aromatic carbocycles. The zero-order valence-corrected chi connectivity index (χ0v) is 17.5. The van der Waals surface area contributed by atoms with E-state index in [-0.39, 0.29) is 38.9 Å². The predicted octanol–water partition coefficient (Wildman–Crippen LogP) is 2.98. The summed E-state index contributed by atoms with van der Waals surface area (Å²) in [4.78, 5) is 13.5. The van der Waals surface area contributed by atoms with Gasteiger partial charge in [0, 0.05) is 32.3 Å². The summed E-state index contributed by atoms with van der Waals surface area (Å²) >= 11 is 0. The van der Waals surface area contributed by atoms with Crippen molar-refractivity contribution in [2.45, 2.75) is 11.1 Å². The summed E-state index contributed by atoms with van der Waals surface area (Å²) in [5.41, 5.74) is -0.283. The monoisotopic (exact) mass is 468 g/mol. The number of amides is 1. The molecule has 2 aliphatic rings. The van der Waals surface area contributed by atoms with E-state index in [1.807, 2.05) is 0 Å². The van der Waals surface area contributed by atoms with Gasteiger partial charge in [0.2, 0.25) is 22.7 Å². The highest BCUT2D eigenvalue weighted by Gasteiger charge is 2.34. The Bertz CT molecular complexity index is 1160. The first-order valence-corrected chi connectivity index (χ1v) is 11.1. The van der Waals surface area contributed by atoms with E-state index in [4.69, 9.17) is 9.47 Å². The maximum atomic E-state index is 12.9. The lowest BCUT2D eigenvalue weighted by Crippen LogP contribution is -2.50. The van der Waals surface area contributed by atoms with Crippen LogP contribution in [0.4, 0.5) is 13.2 Å². The number of halogens is 3. The second-order valence-corrected chi connectivity index (χ2v) is 9.14. The minimum atomic E-state index is -4.64. The first-order chi connectivity index (χ1) is 15.1. The van der Waals surface area contributed by atoms with E-state index in [1.165, 1.54) is 11.0 Å². The minimum absolute atomic E-state index is 0.0117. The fourth-order valence-electron chi connectivity index (χ4n) is 3.42. The smallest absolute Gasteiger partial charge is 0.416 e. The quantitative estimate of drug-likeness (QED) is 0.645. The van der Waals surface area contributed by atoms with Crippen molar-refractivity contribution in [2.75, 3.05) is 33.0 Å². The lowest BCUT2D eigenvalue weighted by molar-refractivity contribution is -0.137. The van der Waals surface area contributed by atoms with Crippen molar-refractivity contribution in [1.29, 1.82) is 0 Å². The van der Waals surface area contributed by atoms with Gasteiger partial charge in [-0.05, 0) is 42.0 Å². The Labute approximate surface area is 182 Å². The lowest BCUT2D eigenvalue weighted by Gasteiger charge is -2.33. The maximum Gasteiger partial charge on any atom is 0.416 e. The summed E-state index contributed by atoms with van der Waals surface area (Å²) in [5, 5.41) is 0. The molecule has 170 valence electrons. The third-order valence-electron chi connectivity index (χ3n) is 5.16. The SMILES string of the molecule is O=C(/C=C/c1ccc2c(c1)OCO2)N1CCN(S(=O)(=O)c2cccc(C(F)(F)F)c2)CC1. The molecule has 1 fully saturated rings. The fraction of sp³-hybridized carbons (Fsp3) is 0.286. The van der Waals surface area contributed by atoms with Crippen LogP contribution in [-0.4, -0.2) is 56.5 Å². The predicted molar refractivity (Wildman–Crippen MR) is 108 cm³/mol. The van der Waals surface area contributed by atoms with Gasteiger partial charge in [0.25, 0.3) is 0 Å². The molecule has 7 nitrogen and oxygen atoms in total. The average Bonchev–Trinajstić information content (AvgIpc) is 3.25. The molecule has 0 spiro atoms. The Balaban J connectivity index is 1.39. The van der Waals surface area contributed by atoms with Gasteiger partial charge < -0.3 is 14.4 Å². The van der Waals surface area contributed by atoms with Crippen molar-refractivity contribution >= 4 is 22.0 Å². The van der Waals surface area contributed by atoms with Crippen LogP contribution in [0.15, 0.2) is 53.4 Å². The molecule has 1 saturated heterocycles. The second-order valence-electron chi connectivity index (χ2n) is 7.20. The molecular formula is C21H19F3N2O5S. The van der Waals surface area contributed by atoms with E-state index in [2.05, 4.69) is 0 Å². The van der Waals surface area contributed by atoms with E-state index in [1.54, 1.807) is 24.3 Å². The van der Waals surface area contributed by atoms with Crippen molar-refractivity contribution in [1.82, 2.24) is 9.21 Å². The highest BCUT2D eigenvalue weighted by atomic mass is 32.2. The molecule has 1 amide bonds. The lowest BCUT2D eigenvalue weighted by atomic mass is 10.2. The van der Waals surface area contributed by atoms with Crippen molar-refractivity contribution in [3.63, 3.8) is 0 Å². The largest absolute Gasteiger partial charge is 0.454 e. The third kappa shape index (κ3) is 4.58. The van der Waals surface area contributed by atoms with Crippen LogP contribution in [-0.2, 0) is 21.0 Å². The zero-order valence-electron chi connectivity index (χ0n) is 16.7. The Morgan fingerprint density at radius 2 is 1.69 bits per heavy atom. The van der Waals surface area contributed by atoms with E-state index < -0.39 is 26.7 Å². The molecule has 0 atom stereocenters. The van der Waals surface area contributed by atoms with Gasteiger partial charge in [-0.15, -0.1) is 0 Å². The molecule has 2 aromatic rings. The summed E-state index contributed by atoms with van der Waals surface area (Å²) in [6.07, 6.45) is -1.63. The van der Waals surface area contributed by atoms with E-state index >= 15 is 0 Å². The number of benzene rings is 2. The molecule has 32 heavy (non-hydrogen) atoms. The average molecular weight is 468 g/mol. The number of ether oxygens (including phenoxy) is 2. The van der Waals surface area contributed by atoms with E-state index in [0.29, 0.717) is 17.6 Å². The summed E-state index contributed by atoms with van der Waals surface area (Å²) in [7, 11) is -4.10. The molecule has 2 heterocycles. The summed E-state index contributed by atoms with van der Waals surface area (Å²) in [6, 6.07) is 8.90. The first-order valence-electron chi connectivity index (χ1n) is 9.69. The number of hydrogen-bond donors (Lipinski definition) is 0. The standard InChI is InChI=1S/C21H19F3N2O5S/c22-21(23,24)16-2-1-3-17(13-16)32(28,29)26-10-8-25(9-11-26)20(27)7-5-15-4-6-18-19(12-15)31-14-30-18/h1-7,12-13H,8-11,14H2/b7-5+. The van der Waals surface area contributed by atoms with Crippen molar-refractivity contribution < 1.29 is 35.9 Å². The second kappa shape index (κ2) is 8.47. The number of fused-ring (bicyclic) bond motifs is 1. The Hall–Kier alpha value is -3.05. The molecule has 0 aliphatic carbocycles. The zero-order chi connectivity index (χ0) is 22.9. The molecule has 0 aromatic heterocycles. The van der Waals surface area contributed by atoms with Crippen LogP contribution >= 0.6 is 0 Å². The topological polar surface area (TPSA) is 76.2 Å². The van der Waals surface area contributed by atoms with Gasteiger partial charge in [0.1, 0.15) is 0 Å². The Morgan fingerprint density at radius 3 is 2.41 bits per heavy atom. The first kappa shape index (κ1) is 22.2. The van der Waals surface area contributed by atoms with Gasteiger partial charge in [-0.3, -0.25) is 4.79 Å². The fourth-order valence-corrected chi connectivity index (χ4v) is 4.89. The van der Waals surface area contributed by atoms with Gasteiger partial charge in [0.15, 0.2) is 11.5 Å². The molecule has 0 radical (unpaired) electrons. The van der Waals surface area contributed by atoms with Gasteiger partial charge in [0.05, 0.1) is 10.5 Å². The molecular weight excluding hydrogens is 449 g/mol.